The van der Waals surface area contributed by atoms with Crippen molar-refractivity contribution >= 4 is 56.1 Å². The van der Waals surface area contributed by atoms with E-state index in [4.69, 9.17) is 5.41 Å². The van der Waals surface area contributed by atoms with E-state index in [0.717, 1.165) is 33.1 Å². The number of thioether (sulfide) groups is 1. The molecule has 0 aliphatic carbocycles. The van der Waals surface area contributed by atoms with Gasteiger partial charge in [0.05, 0.1) is 17.4 Å². The minimum atomic E-state index is -0.650. The van der Waals surface area contributed by atoms with Gasteiger partial charge in [0.25, 0.3) is 0 Å². The van der Waals surface area contributed by atoms with Crippen LogP contribution in [-0.4, -0.2) is 27.2 Å². The second-order valence-electron chi connectivity index (χ2n) is 7.94. The van der Waals surface area contributed by atoms with Crippen molar-refractivity contribution in [3.05, 3.63) is 107 Å². The number of hydrogen-bond donors (Lipinski definition) is 2. The molecule has 0 radical (unpaired) electrons. The Hall–Kier alpha value is -3.36. The largest absolute Gasteiger partial charge is 0.295 e. The molecule has 1 fully saturated rings. The van der Waals surface area contributed by atoms with Crippen molar-refractivity contribution < 1.29 is 9.59 Å². The van der Waals surface area contributed by atoms with Gasteiger partial charge in [-0.05, 0) is 41.5 Å². The van der Waals surface area contributed by atoms with Crippen LogP contribution in [0.3, 0.4) is 0 Å². The number of nitrogens with zero attached hydrogens (tertiary/aromatic N) is 2. The molecule has 6 nitrogen and oxygen atoms in total. The van der Waals surface area contributed by atoms with E-state index < -0.39 is 5.25 Å². The summed E-state index contributed by atoms with van der Waals surface area (Å²) in [5.41, 5.74) is 6.81. The Bertz CT molecular complexity index is 1260. The van der Waals surface area contributed by atoms with Crippen LogP contribution in [-0.2, 0) is 9.59 Å². The van der Waals surface area contributed by atoms with Crippen LogP contribution >= 0.6 is 27.7 Å². The SMILES string of the molecule is N=C(SC1CC(=O)N(c2ccc(Br)cc2)C1=O)N1NC(c2ccccc2)=CC1c1ccccc1. The first kappa shape index (κ1) is 22.4. The highest BCUT2D eigenvalue weighted by atomic mass is 79.9. The van der Waals surface area contributed by atoms with Crippen LogP contribution in [0.4, 0.5) is 5.69 Å². The molecule has 0 aromatic heterocycles. The molecule has 0 saturated carbocycles. The van der Waals surface area contributed by atoms with Gasteiger partial charge < -0.3 is 0 Å². The minimum Gasteiger partial charge on any atom is -0.295 e. The molecule has 2 aliphatic rings. The van der Waals surface area contributed by atoms with E-state index in [1.807, 2.05) is 60.7 Å². The number of hydrazine groups is 1. The number of amidine groups is 1. The summed E-state index contributed by atoms with van der Waals surface area (Å²) >= 11 is 4.48. The molecular formula is C26H21BrN4O2S. The van der Waals surface area contributed by atoms with Crippen molar-refractivity contribution in [3.63, 3.8) is 0 Å². The quantitative estimate of drug-likeness (QED) is 0.269. The zero-order valence-corrected chi connectivity index (χ0v) is 20.4. The highest BCUT2D eigenvalue weighted by Crippen LogP contribution is 2.36. The lowest BCUT2D eigenvalue weighted by molar-refractivity contribution is -0.121. The molecular weight excluding hydrogens is 512 g/mol. The Morgan fingerprint density at radius 1 is 0.941 bits per heavy atom. The minimum absolute atomic E-state index is 0.0603. The predicted molar refractivity (Wildman–Crippen MR) is 139 cm³/mol. The molecule has 2 unspecified atom stereocenters. The van der Waals surface area contributed by atoms with Crippen LogP contribution in [0.5, 0.6) is 0 Å². The van der Waals surface area contributed by atoms with E-state index in [2.05, 4.69) is 27.4 Å². The van der Waals surface area contributed by atoms with Gasteiger partial charge in [0.1, 0.15) is 5.25 Å². The Morgan fingerprint density at radius 3 is 2.26 bits per heavy atom. The zero-order chi connectivity index (χ0) is 23.7. The summed E-state index contributed by atoms with van der Waals surface area (Å²) < 4.78 is 0.872. The molecule has 8 heteroatoms. The molecule has 2 heterocycles. The molecule has 3 aromatic carbocycles. The lowest BCUT2D eigenvalue weighted by Gasteiger charge is -2.28. The maximum absolute atomic E-state index is 13.1. The Balaban J connectivity index is 1.36. The number of benzene rings is 3. The van der Waals surface area contributed by atoms with Crippen molar-refractivity contribution in [1.82, 2.24) is 10.4 Å². The summed E-state index contributed by atoms with van der Waals surface area (Å²) in [5, 5.41) is 10.1. The third-order valence-electron chi connectivity index (χ3n) is 5.73. The smallest absolute Gasteiger partial charge is 0.247 e. The highest BCUT2D eigenvalue weighted by Gasteiger charge is 2.42. The molecule has 2 N–H and O–H groups in total. The standard InChI is InChI=1S/C26H21BrN4O2S/c27-19-11-13-20(14-12-19)30-24(32)16-23(25(30)33)34-26(28)31-22(18-9-5-2-6-10-18)15-21(29-31)17-7-3-1-4-8-17/h1-15,22-23,28-29H,16H2. The molecule has 2 aliphatic heterocycles. The fourth-order valence-electron chi connectivity index (χ4n) is 4.07. The van der Waals surface area contributed by atoms with Gasteiger partial charge in [-0.15, -0.1) is 0 Å². The number of nitrogens with one attached hydrogen (secondary N) is 2. The van der Waals surface area contributed by atoms with Crippen molar-refractivity contribution in [1.29, 1.82) is 5.41 Å². The summed E-state index contributed by atoms with van der Waals surface area (Å²) in [4.78, 5) is 27.0. The van der Waals surface area contributed by atoms with E-state index in [-0.39, 0.29) is 29.4 Å². The molecule has 34 heavy (non-hydrogen) atoms. The van der Waals surface area contributed by atoms with Gasteiger partial charge in [0.2, 0.25) is 11.8 Å². The van der Waals surface area contributed by atoms with Crippen molar-refractivity contribution in [2.24, 2.45) is 0 Å². The van der Waals surface area contributed by atoms with Crippen molar-refractivity contribution in [3.8, 4) is 0 Å². The van der Waals surface area contributed by atoms with Gasteiger partial charge in [-0.2, -0.15) is 0 Å². The van der Waals surface area contributed by atoms with Crippen LogP contribution in [0, 0.1) is 5.41 Å². The first-order chi connectivity index (χ1) is 16.5. The normalized spacial score (nSPS) is 19.9. The third-order valence-corrected chi connectivity index (χ3v) is 7.33. The van der Waals surface area contributed by atoms with Crippen LogP contribution in [0.1, 0.15) is 23.6 Å². The van der Waals surface area contributed by atoms with Crippen molar-refractivity contribution in [2.45, 2.75) is 17.7 Å². The van der Waals surface area contributed by atoms with Gasteiger partial charge >= 0.3 is 0 Å². The zero-order valence-electron chi connectivity index (χ0n) is 18.0. The lowest BCUT2D eigenvalue weighted by atomic mass is 10.1. The maximum Gasteiger partial charge on any atom is 0.247 e. The first-order valence-corrected chi connectivity index (χ1v) is 12.4. The summed E-state index contributed by atoms with van der Waals surface area (Å²) in [7, 11) is 0. The average molecular weight is 533 g/mol. The van der Waals surface area contributed by atoms with Crippen LogP contribution in [0.2, 0.25) is 0 Å². The molecule has 2 atom stereocenters. The lowest BCUT2D eigenvalue weighted by Crippen LogP contribution is -2.39. The molecule has 0 spiro atoms. The third kappa shape index (κ3) is 4.38. The number of carbonyl (C=O) groups is 2. The Labute approximate surface area is 210 Å². The molecule has 2 amide bonds. The maximum atomic E-state index is 13.1. The molecule has 170 valence electrons. The number of amides is 2. The van der Waals surface area contributed by atoms with Crippen LogP contribution in [0.25, 0.3) is 5.70 Å². The molecule has 0 bridgehead atoms. The second kappa shape index (κ2) is 9.48. The van der Waals surface area contributed by atoms with Gasteiger partial charge in [-0.1, -0.05) is 88.4 Å². The number of rotatable bonds is 4. The predicted octanol–water partition coefficient (Wildman–Crippen LogP) is 5.35. The van der Waals surface area contributed by atoms with Crippen LogP contribution < -0.4 is 10.3 Å². The van der Waals surface area contributed by atoms with E-state index in [9.17, 15) is 9.59 Å². The monoisotopic (exact) mass is 532 g/mol. The number of halogens is 1. The van der Waals surface area contributed by atoms with Gasteiger partial charge in [0, 0.05) is 10.9 Å². The fourth-order valence-corrected chi connectivity index (χ4v) is 5.31. The molecule has 5 rings (SSSR count). The van der Waals surface area contributed by atoms with Crippen molar-refractivity contribution in [2.75, 3.05) is 4.90 Å². The summed E-state index contributed by atoms with van der Waals surface area (Å²) in [6.07, 6.45) is 2.14. The van der Waals surface area contributed by atoms with Gasteiger partial charge in [0.15, 0.2) is 5.17 Å². The summed E-state index contributed by atoms with van der Waals surface area (Å²) in [6.45, 7) is 0. The number of anilines is 1. The first-order valence-electron chi connectivity index (χ1n) is 10.8. The second-order valence-corrected chi connectivity index (χ2v) is 10.1. The van der Waals surface area contributed by atoms with E-state index in [1.54, 1.807) is 29.3 Å². The Morgan fingerprint density at radius 2 is 1.59 bits per heavy atom. The summed E-state index contributed by atoms with van der Waals surface area (Å²) in [5.74, 6) is -0.552. The average Bonchev–Trinajstić information content (AvgIpc) is 3.42. The molecule has 1 saturated heterocycles. The van der Waals surface area contributed by atoms with Gasteiger partial charge in [-0.25, -0.2) is 4.90 Å². The Kier molecular flexibility index (Phi) is 6.26. The molecule has 3 aromatic rings. The highest BCUT2D eigenvalue weighted by molar-refractivity contribution is 9.10. The topological polar surface area (TPSA) is 76.5 Å². The van der Waals surface area contributed by atoms with E-state index >= 15 is 0 Å². The van der Waals surface area contributed by atoms with Gasteiger partial charge in [-0.3, -0.25) is 25.4 Å². The fraction of sp³-hybridized carbons (Fsp3) is 0.115. The van der Waals surface area contributed by atoms with Crippen LogP contribution in [0.15, 0.2) is 95.5 Å². The van der Waals surface area contributed by atoms with E-state index in [1.165, 1.54) is 4.90 Å². The van der Waals surface area contributed by atoms with E-state index in [0.29, 0.717) is 5.69 Å². The number of hydrogen-bond acceptors (Lipinski definition) is 5. The summed E-state index contributed by atoms with van der Waals surface area (Å²) in [6, 6.07) is 26.7. The number of carbonyl (C=O) groups excluding carboxylic acids is 2. The number of imide groups is 1.